The van der Waals surface area contributed by atoms with Crippen LogP contribution in [0, 0.1) is 5.92 Å². The summed E-state index contributed by atoms with van der Waals surface area (Å²) in [5, 5.41) is 5.77. The largest absolute Gasteiger partial charge is 0.488 e. The third-order valence-corrected chi connectivity index (χ3v) is 6.78. The molecular weight excluding hydrogens is 430 g/mol. The molecule has 0 atom stereocenters. The van der Waals surface area contributed by atoms with Crippen LogP contribution in [0.3, 0.4) is 0 Å². The van der Waals surface area contributed by atoms with Gasteiger partial charge in [0.25, 0.3) is 0 Å². The van der Waals surface area contributed by atoms with Gasteiger partial charge in [0.05, 0.1) is 11.9 Å². The molecule has 5 rings (SSSR count). The average Bonchev–Trinajstić information content (AvgIpc) is 3.37. The molecule has 0 radical (unpaired) electrons. The highest BCUT2D eigenvalue weighted by atomic mass is 16.5. The number of allylic oxidation sites excluding steroid dienone is 2. The molecule has 0 saturated heterocycles. The molecule has 1 aliphatic heterocycles. The van der Waals surface area contributed by atoms with Gasteiger partial charge in [-0.15, -0.1) is 0 Å². The predicted molar refractivity (Wildman–Crippen MR) is 146 cm³/mol. The second-order valence-corrected chi connectivity index (χ2v) is 9.88. The fourth-order valence-electron chi connectivity index (χ4n) is 4.53. The molecule has 0 amide bonds. The SMILES string of the molecule is C=C(N/C(=C\C)c1ccc2c3c(ccc2c1)-c1ccc(-c2cnc(C(C)C)[nH]2)cc1CO3)C(C)C. The Morgan fingerprint density at radius 2 is 1.86 bits per heavy atom. The van der Waals surface area contributed by atoms with Crippen LogP contribution in [-0.4, -0.2) is 9.97 Å². The van der Waals surface area contributed by atoms with Crippen LogP contribution in [0.25, 0.3) is 38.9 Å². The van der Waals surface area contributed by atoms with Crippen molar-refractivity contribution in [2.75, 3.05) is 0 Å². The maximum atomic E-state index is 6.35. The lowest BCUT2D eigenvalue weighted by Crippen LogP contribution is -2.15. The lowest BCUT2D eigenvalue weighted by molar-refractivity contribution is 0.306. The number of benzene rings is 3. The number of nitrogens with zero attached hydrogens (tertiary/aromatic N) is 1. The summed E-state index contributed by atoms with van der Waals surface area (Å²) < 4.78 is 6.35. The van der Waals surface area contributed by atoms with E-state index in [1.165, 1.54) is 11.1 Å². The molecule has 0 unspecified atom stereocenters. The Bertz CT molecular complexity index is 1460. The van der Waals surface area contributed by atoms with Crippen molar-refractivity contribution in [2.45, 2.75) is 47.1 Å². The summed E-state index contributed by atoms with van der Waals surface area (Å²) in [4.78, 5) is 7.97. The first-order chi connectivity index (χ1) is 16.9. The zero-order valence-electron chi connectivity index (χ0n) is 21.2. The van der Waals surface area contributed by atoms with Crippen molar-refractivity contribution < 1.29 is 4.74 Å². The van der Waals surface area contributed by atoms with Gasteiger partial charge in [0.1, 0.15) is 18.2 Å². The highest BCUT2D eigenvalue weighted by molar-refractivity contribution is 5.98. The van der Waals surface area contributed by atoms with Crippen LogP contribution in [0.5, 0.6) is 5.75 Å². The number of nitrogens with one attached hydrogen (secondary N) is 2. The van der Waals surface area contributed by atoms with Crippen LogP contribution in [0.2, 0.25) is 0 Å². The quantitative estimate of drug-likeness (QED) is 0.304. The van der Waals surface area contributed by atoms with Gasteiger partial charge < -0.3 is 15.0 Å². The van der Waals surface area contributed by atoms with Gasteiger partial charge in [0.15, 0.2) is 0 Å². The summed E-state index contributed by atoms with van der Waals surface area (Å²) in [6.07, 6.45) is 4.02. The zero-order chi connectivity index (χ0) is 24.7. The van der Waals surface area contributed by atoms with Crippen molar-refractivity contribution in [3.63, 3.8) is 0 Å². The Morgan fingerprint density at radius 1 is 1.06 bits per heavy atom. The Balaban J connectivity index is 1.49. The van der Waals surface area contributed by atoms with Crippen LogP contribution in [0.1, 0.15) is 57.5 Å². The number of ether oxygens (including phenoxy) is 1. The van der Waals surface area contributed by atoms with Crippen LogP contribution >= 0.6 is 0 Å². The predicted octanol–water partition coefficient (Wildman–Crippen LogP) is 8.03. The molecule has 3 aromatic carbocycles. The second kappa shape index (κ2) is 9.10. The molecule has 0 fully saturated rings. The third kappa shape index (κ3) is 4.25. The van der Waals surface area contributed by atoms with E-state index in [9.17, 15) is 0 Å². The molecule has 0 bridgehead atoms. The second-order valence-electron chi connectivity index (χ2n) is 9.88. The Labute approximate surface area is 207 Å². The van der Waals surface area contributed by atoms with E-state index in [-0.39, 0.29) is 0 Å². The molecule has 0 saturated carbocycles. The molecule has 2 heterocycles. The molecule has 2 N–H and O–H groups in total. The Hall–Kier alpha value is -3.79. The molecule has 4 heteroatoms. The van der Waals surface area contributed by atoms with E-state index in [0.717, 1.165) is 56.1 Å². The maximum absolute atomic E-state index is 6.35. The van der Waals surface area contributed by atoms with Crippen LogP contribution in [0.15, 0.2) is 73.1 Å². The number of rotatable bonds is 6. The maximum Gasteiger partial charge on any atom is 0.135 e. The topological polar surface area (TPSA) is 49.9 Å². The molecule has 4 aromatic rings. The van der Waals surface area contributed by atoms with Gasteiger partial charge in [-0.05, 0) is 58.7 Å². The number of fused-ring (bicyclic) bond motifs is 5. The zero-order valence-corrected chi connectivity index (χ0v) is 21.2. The first-order valence-corrected chi connectivity index (χ1v) is 12.4. The summed E-state index contributed by atoms with van der Waals surface area (Å²) in [7, 11) is 0. The van der Waals surface area contributed by atoms with Gasteiger partial charge in [-0.3, -0.25) is 0 Å². The van der Waals surface area contributed by atoms with Crippen molar-refractivity contribution in [3.05, 3.63) is 90.0 Å². The molecule has 1 aromatic heterocycles. The van der Waals surface area contributed by atoms with E-state index in [1.54, 1.807) is 0 Å². The highest BCUT2D eigenvalue weighted by Crippen LogP contribution is 2.43. The molecule has 35 heavy (non-hydrogen) atoms. The number of hydrogen-bond acceptors (Lipinski definition) is 3. The van der Waals surface area contributed by atoms with Crippen molar-refractivity contribution in [1.82, 2.24) is 15.3 Å². The average molecular weight is 464 g/mol. The minimum Gasteiger partial charge on any atom is -0.488 e. The number of imidazole rings is 1. The van der Waals surface area contributed by atoms with Crippen molar-refractivity contribution in [1.29, 1.82) is 0 Å². The fraction of sp³-hybridized carbons (Fsp3) is 0.258. The monoisotopic (exact) mass is 463 g/mol. The van der Waals surface area contributed by atoms with E-state index in [4.69, 9.17) is 4.74 Å². The van der Waals surface area contributed by atoms with E-state index in [0.29, 0.717) is 18.4 Å². The van der Waals surface area contributed by atoms with Crippen LogP contribution in [-0.2, 0) is 6.61 Å². The van der Waals surface area contributed by atoms with Crippen molar-refractivity contribution in [2.24, 2.45) is 5.92 Å². The molecule has 0 spiro atoms. The number of hydrogen-bond donors (Lipinski definition) is 2. The Kier molecular flexibility index (Phi) is 5.98. The molecular formula is C31H33N3O. The van der Waals surface area contributed by atoms with Crippen molar-refractivity contribution >= 4 is 16.5 Å². The van der Waals surface area contributed by atoms with E-state index >= 15 is 0 Å². The summed E-state index contributed by atoms with van der Waals surface area (Å²) in [5.74, 6) is 2.71. The van der Waals surface area contributed by atoms with Gasteiger partial charge in [-0.25, -0.2) is 4.98 Å². The van der Waals surface area contributed by atoms with E-state index in [2.05, 4.69) is 104 Å². The Morgan fingerprint density at radius 3 is 2.57 bits per heavy atom. The van der Waals surface area contributed by atoms with E-state index in [1.807, 2.05) is 13.1 Å². The summed E-state index contributed by atoms with van der Waals surface area (Å²) in [5.41, 5.74) is 8.97. The van der Waals surface area contributed by atoms with Gasteiger partial charge in [-0.2, -0.15) is 0 Å². The number of aromatic nitrogens is 2. The smallest absolute Gasteiger partial charge is 0.135 e. The molecule has 178 valence electrons. The lowest BCUT2D eigenvalue weighted by Gasteiger charge is -2.23. The molecule has 0 aliphatic carbocycles. The first kappa shape index (κ1) is 23.0. The summed E-state index contributed by atoms with van der Waals surface area (Å²) in [6.45, 7) is 15.3. The minimum atomic E-state index is 0.372. The highest BCUT2D eigenvalue weighted by Gasteiger charge is 2.21. The summed E-state index contributed by atoms with van der Waals surface area (Å²) in [6, 6.07) is 17.5. The third-order valence-electron chi connectivity index (χ3n) is 6.78. The van der Waals surface area contributed by atoms with Gasteiger partial charge in [0, 0.05) is 28.3 Å². The minimum absolute atomic E-state index is 0.372. The number of H-pyrrole nitrogens is 1. The molecule has 1 aliphatic rings. The standard InChI is InChI=1S/C31H33N3O/c1-7-28(33-20(6)18(2)3)22-10-12-26-21(14-22)8-13-27-25-11-9-23(15-24(25)17-35-30(26)27)29-16-32-31(34-29)19(4)5/h7-16,18-19,33H,6,17H2,1-5H3,(H,32,34)/b28-7-. The van der Waals surface area contributed by atoms with Gasteiger partial charge in [-0.1, -0.05) is 70.7 Å². The molecule has 4 nitrogen and oxygen atoms in total. The first-order valence-electron chi connectivity index (χ1n) is 12.4. The summed E-state index contributed by atoms with van der Waals surface area (Å²) >= 11 is 0. The van der Waals surface area contributed by atoms with E-state index < -0.39 is 0 Å². The number of aromatic amines is 1. The lowest BCUT2D eigenvalue weighted by atomic mass is 9.92. The van der Waals surface area contributed by atoms with Gasteiger partial charge >= 0.3 is 0 Å². The van der Waals surface area contributed by atoms with Crippen LogP contribution < -0.4 is 10.1 Å². The normalized spacial score (nSPS) is 13.1. The van der Waals surface area contributed by atoms with Crippen LogP contribution in [0.4, 0.5) is 0 Å². The van der Waals surface area contributed by atoms with Gasteiger partial charge in [0.2, 0.25) is 0 Å². The fourth-order valence-corrected chi connectivity index (χ4v) is 4.53. The van der Waals surface area contributed by atoms with Crippen molar-refractivity contribution in [3.8, 4) is 28.1 Å².